The van der Waals surface area contributed by atoms with Gasteiger partial charge in [0.1, 0.15) is 6.29 Å². The average Bonchev–Trinajstić information content (AvgIpc) is 2.90. The van der Waals surface area contributed by atoms with E-state index < -0.39 is 0 Å². The van der Waals surface area contributed by atoms with Crippen molar-refractivity contribution in [1.29, 1.82) is 0 Å². The molecule has 3 heteroatoms. The first-order valence-corrected chi connectivity index (χ1v) is 8.26. The summed E-state index contributed by atoms with van der Waals surface area (Å²) >= 11 is 3.48. The molecule has 3 aromatic carbocycles. The van der Waals surface area contributed by atoms with E-state index in [2.05, 4.69) is 63.0 Å². The smallest absolute Gasteiger partial charge is 0.150 e. The Balaban J connectivity index is 1.96. The van der Waals surface area contributed by atoms with Crippen LogP contribution in [0.1, 0.15) is 15.9 Å². The lowest BCUT2D eigenvalue weighted by molar-refractivity contribution is 0.112. The molecule has 112 valence electrons. The van der Waals surface area contributed by atoms with E-state index in [0.717, 1.165) is 28.2 Å². The highest BCUT2D eigenvalue weighted by atomic mass is 79.9. The van der Waals surface area contributed by atoms with Crippen LogP contribution in [0.25, 0.3) is 21.8 Å². The molecule has 0 amide bonds. The highest BCUT2D eigenvalue weighted by Crippen LogP contribution is 2.30. The lowest BCUT2D eigenvalue weighted by atomic mass is 10.1. The number of aromatic nitrogens is 1. The minimum absolute atomic E-state index is 0.712. The van der Waals surface area contributed by atoms with E-state index >= 15 is 0 Å². The van der Waals surface area contributed by atoms with Gasteiger partial charge in [0.25, 0.3) is 0 Å². The fraction of sp³-hybridized carbons (Fsp3) is 0.0500. The molecule has 1 aromatic heterocycles. The van der Waals surface area contributed by atoms with Gasteiger partial charge in [-0.1, -0.05) is 46.3 Å². The van der Waals surface area contributed by atoms with Gasteiger partial charge in [0.05, 0.1) is 0 Å². The maximum atomic E-state index is 11.1. The molecule has 0 saturated carbocycles. The summed E-state index contributed by atoms with van der Waals surface area (Å²) in [6, 6.07) is 22.6. The molecule has 0 atom stereocenters. The third-order valence-electron chi connectivity index (χ3n) is 4.19. The van der Waals surface area contributed by atoms with Crippen molar-refractivity contribution >= 4 is 44.0 Å². The maximum absolute atomic E-state index is 11.1. The monoisotopic (exact) mass is 363 g/mol. The zero-order chi connectivity index (χ0) is 15.8. The molecule has 2 nitrogen and oxygen atoms in total. The molecular weight excluding hydrogens is 350 g/mol. The van der Waals surface area contributed by atoms with Crippen molar-refractivity contribution in [3.05, 3.63) is 82.3 Å². The van der Waals surface area contributed by atoms with Crippen LogP contribution in [0.3, 0.4) is 0 Å². The summed E-state index contributed by atoms with van der Waals surface area (Å²) < 4.78 is 3.39. The fourth-order valence-corrected chi connectivity index (χ4v) is 3.35. The van der Waals surface area contributed by atoms with Crippen LogP contribution in [0.15, 0.2) is 71.2 Å². The molecule has 0 unspecified atom stereocenters. The summed E-state index contributed by atoms with van der Waals surface area (Å²) in [6.07, 6.45) is 0.903. The van der Waals surface area contributed by atoms with Gasteiger partial charge in [-0.15, -0.1) is 0 Å². The summed E-state index contributed by atoms with van der Waals surface area (Å²) in [5.74, 6) is 0. The summed E-state index contributed by atoms with van der Waals surface area (Å²) in [7, 11) is 0. The number of hydrogen-bond acceptors (Lipinski definition) is 1. The Bertz CT molecular complexity index is 1020. The number of para-hydroxylation sites is 1. The van der Waals surface area contributed by atoms with Crippen LogP contribution in [0, 0.1) is 0 Å². The lowest BCUT2D eigenvalue weighted by Crippen LogP contribution is -1.99. The van der Waals surface area contributed by atoms with Crippen LogP contribution in [0.4, 0.5) is 0 Å². The summed E-state index contributed by atoms with van der Waals surface area (Å²) in [6.45, 7) is 0.803. The van der Waals surface area contributed by atoms with E-state index in [1.165, 1.54) is 16.5 Å². The summed E-state index contributed by atoms with van der Waals surface area (Å²) in [5.41, 5.74) is 4.30. The SMILES string of the molecule is O=Cc1ccc2c(c1)c1ccccc1n2Cc1ccc(Br)cc1. The Morgan fingerprint density at radius 3 is 2.39 bits per heavy atom. The molecule has 0 aliphatic rings. The van der Waals surface area contributed by atoms with Crippen LogP contribution >= 0.6 is 15.9 Å². The predicted molar refractivity (Wildman–Crippen MR) is 98.1 cm³/mol. The number of fused-ring (bicyclic) bond motifs is 3. The van der Waals surface area contributed by atoms with E-state index in [0.29, 0.717) is 5.56 Å². The third-order valence-corrected chi connectivity index (χ3v) is 4.72. The molecule has 4 aromatic rings. The number of benzene rings is 3. The van der Waals surface area contributed by atoms with Crippen molar-refractivity contribution in [2.24, 2.45) is 0 Å². The number of carbonyl (C=O) groups is 1. The van der Waals surface area contributed by atoms with Crippen molar-refractivity contribution in [3.8, 4) is 0 Å². The quantitative estimate of drug-likeness (QED) is 0.445. The molecule has 4 rings (SSSR count). The van der Waals surface area contributed by atoms with Crippen molar-refractivity contribution < 1.29 is 4.79 Å². The van der Waals surface area contributed by atoms with Gasteiger partial charge in [-0.25, -0.2) is 0 Å². The maximum Gasteiger partial charge on any atom is 0.150 e. The zero-order valence-electron chi connectivity index (χ0n) is 12.4. The number of halogens is 1. The Morgan fingerprint density at radius 2 is 1.61 bits per heavy atom. The Morgan fingerprint density at radius 1 is 0.870 bits per heavy atom. The molecule has 0 saturated heterocycles. The molecule has 0 aliphatic carbocycles. The Hall–Kier alpha value is -2.39. The second-order valence-electron chi connectivity index (χ2n) is 5.62. The van der Waals surface area contributed by atoms with Gasteiger partial charge in [-0.3, -0.25) is 4.79 Å². The first-order chi connectivity index (χ1) is 11.3. The molecule has 0 bridgehead atoms. The molecule has 0 N–H and O–H groups in total. The zero-order valence-corrected chi connectivity index (χ0v) is 14.0. The largest absolute Gasteiger partial charge is 0.336 e. The van der Waals surface area contributed by atoms with Crippen LogP contribution < -0.4 is 0 Å². The summed E-state index contributed by atoms with van der Waals surface area (Å²) in [4.78, 5) is 11.1. The van der Waals surface area contributed by atoms with E-state index in [-0.39, 0.29) is 0 Å². The van der Waals surface area contributed by atoms with Crippen molar-refractivity contribution in [1.82, 2.24) is 4.57 Å². The van der Waals surface area contributed by atoms with Crippen LogP contribution in [-0.2, 0) is 6.54 Å². The van der Waals surface area contributed by atoms with Crippen LogP contribution in [0.5, 0.6) is 0 Å². The molecule has 0 radical (unpaired) electrons. The molecular formula is C20H14BrNO. The predicted octanol–water partition coefficient (Wildman–Crippen LogP) is 5.42. The Labute approximate surface area is 142 Å². The van der Waals surface area contributed by atoms with Gasteiger partial charge in [0, 0.05) is 38.4 Å². The third kappa shape index (κ3) is 2.47. The average molecular weight is 364 g/mol. The van der Waals surface area contributed by atoms with E-state index in [9.17, 15) is 4.79 Å². The first-order valence-electron chi connectivity index (χ1n) is 7.47. The van der Waals surface area contributed by atoms with Crippen LogP contribution in [-0.4, -0.2) is 10.9 Å². The minimum atomic E-state index is 0.712. The molecule has 0 aliphatic heterocycles. The second kappa shape index (κ2) is 5.67. The number of carbonyl (C=O) groups excluding carboxylic acids is 1. The normalized spacial score (nSPS) is 11.2. The second-order valence-corrected chi connectivity index (χ2v) is 6.54. The van der Waals surface area contributed by atoms with E-state index in [4.69, 9.17) is 0 Å². The van der Waals surface area contributed by atoms with Crippen LogP contribution in [0.2, 0.25) is 0 Å². The van der Waals surface area contributed by atoms with Gasteiger partial charge >= 0.3 is 0 Å². The molecule has 1 heterocycles. The fourth-order valence-electron chi connectivity index (χ4n) is 3.09. The molecule has 23 heavy (non-hydrogen) atoms. The minimum Gasteiger partial charge on any atom is -0.336 e. The van der Waals surface area contributed by atoms with Gasteiger partial charge < -0.3 is 4.57 Å². The summed E-state index contributed by atoms with van der Waals surface area (Å²) in [5, 5.41) is 2.31. The van der Waals surface area contributed by atoms with E-state index in [1.807, 2.05) is 24.3 Å². The highest BCUT2D eigenvalue weighted by molar-refractivity contribution is 9.10. The van der Waals surface area contributed by atoms with Crippen molar-refractivity contribution in [2.45, 2.75) is 6.54 Å². The van der Waals surface area contributed by atoms with Gasteiger partial charge in [0.2, 0.25) is 0 Å². The van der Waals surface area contributed by atoms with Gasteiger partial charge in [-0.2, -0.15) is 0 Å². The van der Waals surface area contributed by atoms with Crippen molar-refractivity contribution in [3.63, 3.8) is 0 Å². The number of nitrogens with zero attached hydrogens (tertiary/aromatic N) is 1. The topological polar surface area (TPSA) is 22.0 Å². The number of rotatable bonds is 3. The Kier molecular flexibility index (Phi) is 3.50. The number of aldehydes is 1. The standard InChI is InChI=1S/C20H14BrNO/c21-16-8-5-14(6-9-16)12-22-19-4-2-1-3-17(19)18-11-15(13-23)7-10-20(18)22/h1-11,13H,12H2. The molecule has 0 spiro atoms. The first kappa shape index (κ1) is 14.2. The van der Waals surface area contributed by atoms with E-state index in [1.54, 1.807) is 0 Å². The highest BCUT2D eigenvalue weighted by Gasteiger charge is 2.11. The van der Waals surface area contributed by atoms with Gasteiger partial charge in [0.15, 0.2) is 0 Å². The van der Waals surface area contributed by atoms with Gasteiger partial charge in [-0.05, 0) is 42.0 Å². The van der Waals surface area contributed by atoms with Crippen molar-refractivity contribution in [2.75, 3.05) is 0 Å². The molecule has 0 fully saturated rings. The number of hydrogen-bond donors (Lipinski definition) is 0. The lowest BCUT2D eigenvalue weighted by Gasteiger charge is -2.08.